The molecule has 3 aromatic rings. The number of carbonyl (C=O) groups excluding carboxylic acids is 1. The average molecular weight is 459 g/mol. The van der Waals surface area contributed by atoms with Gasteiger partial charge in [-0.25, -0.2) is 19.3 Å². The molecule has 13 heteroatoms. The number of aromatic amines is 1. The number of hydrogen-bond acceptors (Lipinski definition) is 6. The molecule has 0 spiro atoms. The molecular formula is C18H15ClF4N6O2. The van der Waals surface area contributed by atoms with E-state index in [1.54, 1.807) is 17.6 Å². The Morgan fingerprint density at radius 1 is 1.35 bits per heavy atom. The van der Waals surface area contributed by atoms with E-state index < -0.39 is 30.5 Å². The monoisotopic (exact) mass is 458 g/mol. The molecule has 3 aromatic heterocycles. The summed E-state index contributed by atoms with van der Waals surface area (Å²) in [6, 6.07) is 0.456. The molecule has 4 rings (SSSR count). The molecule has 0 radical (unpaired) electrons. The quantitative estimate of drug-likeness (QED) is 0.584. The van der Waals surface area contributed by atoms with E-state index in [9.17, 15) is 22.4 Å². The lowest BCUT2D eigenvalue weighted by Gasteiger charge is -2.35. The molecule has 1 saturated heterocycles. The fourth-order valence-corrected chi connectivity index (χ4v) is 3.39. The lowest BCUT2D eigenvalue weighted by molar-refractivity contribution is -0.140. The summed E-state index contributed by atoms with van der Waals surface area (Å²) < 4.78 is 57.3. The van der Waals surface area contributed by atoms with Crippen molar-refractivity contribution in [3.8, 4) is 11.4 Å². The number of H-pyrrole nitrogens is 1. The van der Waals surface area contributed by atoms with Crippen LogP contribution in [0.4, 0.5) is 23.4 Å². The van der Waals surface area contributed by atoms with Crippen molar-refractivity contribution in [1.82, 2.24) is 25.3 Å². The van der Waals surface area contributed by atoms with Crippen molar-refractivity contribution >= 4 is 34.4 Å². The van der Waals surface area contributed by atoms with Gasteiger partial charge in [0.25, 0.3) is 0 Å². The van der Waals surface area contributed by atoms with Gasteiger partial charge in [-0.3, -0.25) is 4.79 Å². The Kier molecular flexibility index (Phi) is 5.67. The Morgan fingerprint density at radius 2 is 2.16 bits per heavy atom. The number of alkyl halides is 3. The van der Waals surface area contributed by atoms with Gasteiger partial charge in [0, 0.05) is 29.9 Å². The lowest BCUT2D eigenvalue weighted by Crippen LogP contribution is -2.55. The van der Waals surface area contributed by atoms with E-state index in [2.05, 4.69) is 19.9 Å². The van der Waals surface area contributed by atoms with Crippen LogP contribution in [0.3, 0.4) is 0 Å². The number of rotatable bonds is 4. The van der Waals surface area contributed by atoms with E-state index >= 15 is 0 Å². The number of carbonyl (C=O) groups is 1. The normalized spacial score (nSPS) is 17.2. The minimum absolute atomic E-state index is 0.0543. The zero-order valence-corrected chi connectivity index (χ0v) is 16.5. The molecule has 4 heterocycles. The van der Waals surface area contributed by atoms with Crippen LogP contribution in [0.15, 0.2) is 24.7 Å². The predicted octanol–water partition coefficient (Wildman–Crippen LogP) is 2.70. The maximum atomic E-state index is 14.6. The third-order valence-corrected chi connectivity index (χ3v) is 4.84. The molecule has 1 aliphatic heterocycles. The number of amides is 1. The van der Waals surface area contributed by atoms with E-state index in [4.69, 9.17) is 16.3 Å². The maximum absolute atomic E-state index is 14.6. The molecule has 0 saturated carbocycles. The lowest BCUT2D eigenvalue weighted by atomic mass is 10.2. The summed E-state index contributed by atoms with van der Waals surface area (Å²) in [5.74, 6) is -1.85. The number of pyridine rings is 1. The largest absolute Gasteiger partial charge is 0.405 e. The van der Waals surface area contributed by atoms with E-state index in [1.165, 1.54) is 11.1 Å². The van der Waals surface area contributed by atoms with Crippen LogP contribution in [0.5, 0.6) is 0 Å². The number of fused-ring (bicyclic) bond motifs is 1. The van der Waals surface area contributed by atoms with Crippen LogP contribution < -0.4 is 10.2 Å². The average Bonchev–Trinajstić information content (AvgIpc) is 3.15. The molecule has 2 N–H and O–H groups in total. The van der Waals surface area contributed by atoms with Crippen molar-refractivity contribution in [2.45, 2.75) is 12.2 Å². The summed E-state index contributed by atoms with van der Waals surface area (Å²) >= 11 is 6.01. The summed E-state index contributed by atoms with van der Waals surface area (Å²) in [5.41, 5.74) is 1.02. The fraction of sp³-hybridized carbons (Fsp3) is 0.333. The number of nitrogens with zero attached hydrogens (tertiary/aromatic N) is 4. The predicted molar refractivity (Wildman–Crippen MR) is 103 cm³/mol. The number of halogens is 5. The highest BCUT2D eigenvalue weighted by atomic mass is 35.5. The molecule has 31 heavy (non-hydrogen) atoms. The third kappa shape index (κ3) is 4.54. The maximum Gasteiger partial charge on any atom is 0.405 e. The first kappa shape index (κ1) is 21.2. The van der Waals surface area contributed by atoms with Gasteiger partial charge in [-0.2, -0.15) is 13.2 Å². The number of ether oxygens (including phenoxy) is 1. The van der Waals surface area contributed by atoms with E-state index in [0.29, 0.717) is 21.6 Å². The Morgan fingerprint density at radius 3 is 2.94 bits per heavy atom. The highest BCUT2D eigenvalue weighted by Crippen LogP contribution is 2.30. The second-order valence-electron chi connectivity index (χ2n) is 6.73. The van der Waals surface area contributed by atoms with Crippen LogP contribution >= 0.6 is 11.6 Å². The Hall–Kier alpha value is -2.99. The summed E-state index contributed by atoms with van der Waals surface area (Å²) in [5, 5.41) is 2.79. The topological polar surface area (TPSA) is 96.0 Å². The van der Waals surface area contributed by atoms with Gasteiger partial charge in [-0.1, -0.05) is 11.6 Å². The van der Waals surface area contributed by atoms with Crippen molar-refractivity contribution < 1.29 is 27.1 Å². The molecule has 0 bridgehead atoms. The third-order valence-electron chi connectivity index (χ3n) is 4.63. The van der Waals surface area contributed by atoms with Crippen molar-refractivity contribution in [3.63, 3.8) is 0 Å². The van der Waals surface area contributed by atoms with E-state index in [0.717, 1.165) is 6.20 Å². The minimum Gasteiger partial charge on any atom is -0.377 e. The van der Waals surface area contributed by atoms with Gasteiger partial charge >= 0.3 is 6.18 Å². The van der Waals surface area contributed by atoms with Crippen molar-refractivity contribution in [3.05, 3.63) is 35.5 Å². The van der Waals surface area contributed by atoms with E-state index in [1.807, 2.05) is 0 Å². The van der Waals surface area contributed by atoms with Gasteiger partial charge in [0.05, 0.1) is 24.4 Å². The van der Waals surface area contributed by atoms with Gasteiger partial charge in [0.15, 0.2) is 17.5 Å². The molecular weight excluding hydrogens is 444 g/mol. The minimum atomic E-state index is -4.58. The number of aromatic nitrogens is 4. The van der Waals surface area contributed by atoms with Gasteiger partial charge < -0.3 is 19.9 Å². The summed E-state index contributed by atoms with van der Waals surface area (Å²) in [6.07, 6.45) is -0.598. The van der Waals surface area contributed by atoms with Crippen molar-refractivity contribution in [1.29, 1.82) is 0 Å². The van der Waals surface area contributed by atoms with Crippen LogP contribution in [0.25, 0.3) is 22.4 Å². The Labute approximate surface area is 177 Å². The first-order valence-electron chi connectivity index (χ1n) is 9.07. The summed E-state index contributed by atoms with van der Waals surface area (Å²) in [4.78, 5) is 29.0. The second-order valence-corrected chi connectivity index (χ2v) is 7.17. The highest BCUT2D eigenvalue weighted by Gasteiger charge is 2.35. The number of morpholine rings is 1. The molecule has 8 nitrogen and oxygen atoms in total. The number of anilines is 1. The molecule has 1 atom stereocenters. The van der Waals surface area contributed by atoms with Crippen molar-refractivity contribution in [2.75, 3.05) is 31.2 Å². The Bertz CT molecular complexity index is 1120. The zero-order valence-electron chi connectivity index (χ0n) is 15.7. The molecule has 1 aliphatic rings. The Balaban J connectivity index is 1.68. The second kappa shape index (κ2) is 8.27. The van der Waals surface area contributed by atoms with Crippen LogP contribution in [0, 0.1) is 5.82 Å². The van der Waals surface area contributed by atoms with Gasteiger partial charge in [-0.15, -0.1) is 0 Å². The summed E-state index contributed by atoms with van der Waals surface area (Å²) in [7, 11) is 0. The SMILES string of the molecule is O=C(NCC(F)(F)F)C1COCCN1c1nc(-c2c[nH]c3ncc(Cl)cc23)ncc1F. The van der Waals surface area contributed by atoms with Crippen LogP contribution in [0.1, 0.15) is 0 Å². The van der Waals surface area contributed by atoms with Crippen LogP contribution in [-0.4, -0.2) is 64.4 Å². The highest BCUT2D eigenvalue weighted by molar-refractivity contribution is 6.31. The molecule has 0 aliphatic carbocycles. The zero-order chi connectivity index (χ0) is 22.2. The number of hydrogen-bond donors (Lipinski definition) is 2. The van der Waals surface area contributed by atoms with Gasteiger partial charge in [0.1, 0.15) is 18.2 Å². The van der Waals surface area contributed by atoms with Crippen LogP contribution in [0.2, 0.25) is 5.02 Å². The van der Waals surface area contributed by atoms with Gasteiger partial charge in [-0.05, 0) is 6.07 Å². The van der Waals surface area contributed by atoms with Gasteiger partial charge in [0.2, 0.25) is 5.91 Å². The standard InChI is InChI=1S/C18H15ClF4N6O2/c19-9-3-10-11(5-25-14(10)24-4-9)15-26-6-12(20)16(28-15)29-1-2-31-7-13(29)17(30)27-8-18(21,22)23/h3-6,13H,1-2,7-8H2,(H,24,25)(H,27,30). The molecule has 0 aromatic carbocycles. The smallest absolute Gasteiger partial charge is 0.377 e. The molecule has 1 amide bonds. The van der Waals surface area contributed by atoms with E-state index in [-0.39, 0.29) is 31.4 Å². The molecule has 164 valence electrons. The van der Waals surface area contributed by atoms with Crippen molar-refractivity contribution in [2.24, 2.45) is 0 Å². The van der Waals surface area contributed by atoms with Crippen LogP contribution in [-0.2, 0) is 9.53 Å². The molecule has 1 fully saturated rings. The first-order valence-corrected chi connectivity index (χ1v) is 9.45. The fourth-order valence-electron chi connectivity index (χ4n) is 3.23. The summed E-state index contributed by atoms with van der Waals surface area (Å²) in [6.45, 7) is -1.51. The number of nitrogens with one attached hydrogen (secondary N) is 2. The molecule has 1 unspecified atom stereocenters. The first-order chi connectivity index (χ1) is 14.7.